The van der Waals surface area contributed by atoms with Crippen molar-refractivity contribution in [2.24, 2.45) is 0 Å². The van der Waals surface area contributed by atoms with Crippen molar-refractivity contribution in [2.45, 2.75) is 45.1 Å². The Hall–Kier alpha value is -2.87. The molecule has 1 heterocycles. The second-order valence-corrected chi connectivity index (χ2v) is 8.73. The predicted molar refractivity (Wildman–Crippen MR) is 109 cm³/mol. The molecule has 0 spiro atoms. The molecule has 0 saturated heterocycles. The summed E-state index contributed by atoms with van der Waals surface area (Å²) in [4.78, 5) is 24.9. The van der Waals surface area contributed by atoms with Gasteiger partial charge in [-0.05, 0) is 67.8 Å². The standard InChI is InChI=1S/C20H23N3O4S/c1-12-9-17(5-7-19(12)21-14(3)24)22-28(26,27)18-6-8-20-16(11-18)10-13(2)23(20)15(4)25/h5-9,11,13,22H,10H2,1-4H3,(H,21,24). The van der Waals surface area contributed by atoms with Crippen LogP contribution in [0.2, 0.25) is 0 Å². The summed E-state index contributed by atoms with van der Waals surface area (Å²) < 4.78 is 28.2. The number of nitrogens with one attached hydrogen (secondary N) is 2. The molecule has 2 aromatic carbocycles. The molecule has 28 heavy (non-hydrogen) atoms. The van der Waals surface area contributed by atoms with E-state index in [1.54, 1.807) is 42.2 Å². The van der Waals surface area contributed by atoms with Gasteiger partial charge in [0.25, 0.3) is 10.0 Å². The minimum atomic E-state index is -3.78. The Labute approximate surface area is 164 Å². The van der Waals surface area contributed by atoms with E-state index < -0.39 is 10.0 Å². The highest BCUT2D eigenvalue weighted by atomic mass is 32.2. The quantitative estimate of drug-likeness (QED) is 0.823. The van der Waals surface area contributed by atoms with Gasteiger partial charge in [0, 0.05) is 37.0 Å². The molecular formula is C20H23N3O4S. The second-order valence-electron chi connectivity index (χ2n) is 7.05. The number of rotatable bonds is 4. The fourth-order valence-electron chi connectivity index (χ4n) is 3.53. The number of hydrogen-bond donors (Lipinski definition) is 2. The first-order valence-corrected chi connectivity index (χ1v) is 10.4. The van der Waals surface area contributed by atoms with E-state index in [1.807, 2.05) is 6.92 Å². The van der Waals surface area contributed by atoms with Crippen molar-refractivity contribution in [2.75, 3.05) is 14.9 Å². The highest BCUT2D eigenvalue weighted by molar-refractivity contribution is 7.92. The fourth-order valence-corrected chi connectivity index (χ4v) is 4.63. The van der Waals surface area contributed by atoms with E-state index in [0.29, 0.717) is 17.8 Å². The Bertz CT molecular complexity index is 1060. The molecule has 1 aliphatic rings. The van der Waals surface area contributed by atoms with E-state index in [2.05, 4.69) is 10.0 Å². The van der Waals surface area contributed by atoms with Gasteiger partial charge in [-0.1, -0.05) is 0 Å². The number of carbonyl (C=O) groups is 2. The summed E-state index contributed by atoms with van der Waals surface area (Å²) in [6, 6.07) is 9.73. The summed E-state index contributed by atoms with van der Waals surface area (Å²) in [5.74, 6) is -0.252. The Kier molecular flexibility index (Phi) is 5.16. The molecule has 2 aromatic rings. The smallest absolute Gasteiger partial charge is 0.261 e. The summed E-state index contributed by atoms with van der Waals surface area (Å²) in [6.07, 6.45) is 0.614. The minimum Gasteiger partial charge on any atom is -0.326 e. The van der Waals surface area contributed by atoms with Crippen LogP contribution in [0.1, 0.15) is 31.9 Å². The van der Waals surface area contributed by atoms with Gasteiger partial charge in [0.15, 0.2) is 0 Å². The number of benzene rings is 2. The molecule has 2 amide bonds. The monoisotopic (exact) mass is 401 g/mol. The van der Waals surface area contributed by atoms with E-state index in [4.69, 9.17) is 0 Å². The molecule has 1 unspecified atom stereocenters. The summed E-state index contributed by atoms with van der Waals surface area (Å²) in [5, 5.41) is 2.69. The van der Waals surface area contributed by atoms with Crippen molar-refractivity contribution in [3.8, 4) is 0 Å². The number of fused-ring (bicyclic) bond motifs is 1. The van der Waals surface area contributed by atoms with Crippen LogP contribution in [0, 0.1) is 6.92 Å². The zero-order valence-corrected chi connectivity index (χ0v) is 17.1. The van der Waals surface area contributed by atoms with Gasteiger partial charge in [0.05, 0.1) is 4.90 Å². The van der Waals surface area contributed by atoms with Gasteiger partial charge in [-0.3, -0.25) is 14.3 Å². The molecule has 1 aliphatic heterocycles. The minimum absolute atomic E-state index is 0.00221. The predicted octanol–water partition coefficient (Wildman–Crippen LogP) is 3.05. The largest absolute Gasteiger partial charge is 0.326 e. The van der Waals surface area contributed by atoms with Gasteiger partial charge < -0.3 is 10.2 Å². The number of sulfonamides is 1. The zero-order chi connectivity index (χ0) is 20.6. The number of amides is 2. The van der Waals surface area contributed by atoms with Crippen molar-refractivity contribution in [1.82, 2.24) is 0 Å². The topological polar surface area (TPSA) is 95.6 Å². The zero-order valence-electron chi connectivity index (χ0n) is 16.2. The van der Waals surface area contributed by atoms with Crippen molar-refractivity contribution in [3.05, 3.63) is 47.5 Å². The first-order valence-electron chi connectivity index (χ1n) is 8.92. The molecule has 0 aliphatic carbocycles. The fraction of sp³-hybridized carbons (Fsp3) is 0.300. The first-order chi connectivity index (χ1) is 13.1. The van der Waals surface area contributed by atoms with Gasteiger partial charge in [0.2, 0.25) is 11.8 Å². The lowest BCUT2D eigenvalue weighted by atomic mass is 10.1. The molecule has 3 rings (SSSR count). The average molecular weight is 401 g/mol. The van der Waals surface area contributed by atoms with Crippen LogP contribution in [0.5, 0.6) is 0 Å². The molecule has 0 aromatic heterocycles. The summed E-state index contributed by atoms with van der Waals surface area (Å²) >= 11 is 0. The van der Waals surface area contributed by atoms with E-state index in [0.717, 1.165) is 16.8 Å². The summed E-state index contributed by atoms with van der Waals surface area (Å²) in [5.41, 5.74) is 3.38. The third-order valence-corrected chi connectivity index (χ3v) is 6.08. The van der Waals surface area contributed by atoms with Crippen LogP contribution in [0.3, 0.4) is 0 Å². The van der Waals surface area contributed by atoms with Crippen LogP contribution in [0.15, 0.2) is 41.3 Å². The number of aryl methyl sites for hydroxylation is 1. The summed E-state index contributed by atoms with van der Waals surface area (Å²) in [6.45, 7) is 6.65. The Balaban J connectivity index is 1.87. The molecule has 0 radical (unpaired) electrons. The molecule has 8 heteroatoms. The molecule has 7 nitrogen and oxygen atoms in total. The number of carbonyl (C=O) groups excluding carboxylic acids is 2. The third kappa shape index (κ3) is 3.87. The maximum absolute atomic E-state index is 12.8. The molecule has 0 bridgehead atoms. The van der Waals surface area contributed by atoms with Crippen LogP contribution in [-0.4, -0.2) is 26.3 Å². The van der Waals surface area contributed by atoms with Gasteiger partial charge in [-0.25, -0.2) is 8.42 Å². The maximum atomic E-state index is 12.8. The van der Waals surface area contributed by atoms with E-state index in [1.165, 1.54) is 19.9 Å². The van der Waals surface area contributed by atoms with Crippen molar-refractivity contribution in [3.63, 3.8) is 0 Å². The van der Waals surface area contributed by atoms with Gasteiger partial charge in [0.1, 0.15) is 0 Å². The van der Waals surface area contributed by atoms with Crippen LogP contribution < -0.4 is 14.9 Å². The normalized spacial score (nSPS) is 15.9. The van der Waals surface area contributed by atoms with E-state index >= 15 is 0 Å². The lowest BCUT2D eigenvalue weighted by Gasteiger charge is -2.20. The highest BCUT2D eigenvalue weighted by Gasteiger charge is 2.30. The van der Waals surface area contributed by atoms with Crippen molar-refractivity contribution in [1.29, 1.82) is 0 Å². The van der Waals surface area contributed by atoms with Crippen molar-refractivity contribution >= 4 is 38.9 Å². The first kappa shape index (κ1) is 19.9. The number of anilines is 3. The van der Waals surface area contributed by atoms with E-state index in [9.17, 15) is 18.0 Å². The molecular weight excluding hydrogens is 378 g/mol. The maximum Gasteiger partial charge on any atom is 0.261 e. The van der Waals surface area contributed by atoms with Crippen molar-refractivity contribution < 1.29 is 18.0 Å². The lowest BCUT2D eigenvalue weighted by Crippen LogP contribution is -2.33. The molecule has 148 valence electrons. The Morgan fingerprint density at radius 2 is 1.82 bits per heavy atom. The SMILES string of the molecule is CC(=O)Nc1ccc(NS(=O)(=O)c2ccc3c(c2)CC(C)N3C(C)=O)cc1C. The third-order valence-electron chi connectivity index (χ3n) is 4.71. The van der Waals surface area contributed by atoms with Crippen LogP contribution >= 0.6 is 0 Å². The van der Waals surface area contributed by atoms with Crippen LogP contribution in [0.4, 0.5) is 17.1 Å². The summed E-state index contributed by atoms with van der Waals surface area (Å²) in [7, 11) is -3.78. The molecule has 0 fully saturated rings. The van der Waals surface area contributed by atoms with Gasteiger partial charge >= 0.3 is 0 Å². The average Bonchev–Trinajstić information content (AvgIpc) is 2.91. The molecule has 1 atom stereocenters. The number of nitrogens with zero attached hydrogens (tertiary/aromatic N) is 1. The number of hydrogen-bond acceptors (Lipinski definition) is 4. The van der Waals surface area contributed by atoms with Gasteiger partial charge in [-0.15, -0.1) is 0 Å². The highest BCUT2D eigenvalue weighted by Crippen LogP contribution is 2.34. The molecule has 0 saturated carbocycles. The van der Waals surface area contributed by atoms with Crippen LogP contribution in [-0.2, 0) is 26.0 Å². The Morgan fingerprint density at radius 3 is 2.43 bits per heavy atom. The second kappa shape index (κ2) is 7.27. The lowest BCUT2D eigenvalue weighted by molar-refractivity contribution is -0.117. The Morgan fingerprint density at radius 1 is 1.11 bits per heavy atom. The van der Waals surface area contributed by atoms with E-state index in [-0.39, 0.29) is 22.8 Å². The molecule has 2 N–H and O–H groups in total. The van der Waals surface area contributed by atoms with Crippen LogP contribution in [0.25, 0.3) is 0 Å². The van der Waals surface area contributed by atoms with Gasteiger partial charge in [-0.2, -0.15) is 0 Å².